The minimum atomic E-state index is -0.415. The van der Waals surface area contributed by atoms with E-state index in [0.717, 1.165) is 5.56 Å². The van der Waals surface area contributed by atoms with Crippen LogP contribution in [-0.4, -0.2) is 18.2 Å². The van der Waals surface area contributed by atoms with Crippen molar-refractivity contribution < 1.29 is 9.13 Å². The summed E-state index contributed by atoms with van der Waals surface area (Å²) < 4.78 is 18.9. The van der Waals surface area contributed by atoms with Gasteiger partial charge in [-0.3, -0.25) is 11.3 Å². The summed E-state index contributed by atoms with van der Waals surface area (Å²) in [5.41, 5.74) is 3.29. The van der Waals surface area contributed by atoms with Gasteiger partial charge in [0.1, 0.15) is 5.82 Å². The molecule has 0 heterocycles. The number of hydrogen-bond acceptors (Lipinski definition) is 3. The first-order valence-corrected chi connectivity index (χ1v) is 6.23. The van der Waals surface area contributed by atoms with Crippen LogP contribution >= 0.6 is 11.6 Å². The average molecular weight is 275 g/mol. The molecule has 1 atom stereocenters. The molecule has 0 amide bonds. The van der Waals surface area contributed by atoms with Crippen molar-refractivity contribution in [1.82, 2.24) is 5.43 Å². The van der Waals surface area contributed by atoms with E-state index < -0.39 is 5.82 Å². The van der Waals surface area contributed by atoms with E-state index in [1.165, 1.54) is 6.07 Å². The van der Waals surface area contributed by atoms with Crippen LogP contribution in [0, 0.1) is 5.82 Å². The van der Waals surface area contributed by atoms with Crippen molar-refractivity contribution in [1.29, 1.82) is 0 Å². The molecule has 0 bridgehead atoms. The summed E-state index contributed by atoms with van der Waals surface area (Å²) in [5.74, 6) is 5.05. The highest BCUT2D eigenvalue weighted by molar-refractivity contribution is 6.30. The number of halogens is 2. The summed E-state index contributed by atoms with van der Waals surface area (Å²) in [7, 11) is 0. The van der Waals surface area contributed by atoms with Crippen LogP contribution < -0.4 is 11.3 Å². The SMILES string of the molecule is CC(C)(C)OCC(Cc1ccc(Cl)c(F)c1)NN. The Morgan fingerprint density at radius 2 is 2.11 bits per heavy atom. The predicted molar refractivity (Wildman–Crippen MR) is 71.9 cm³/mol. The van der Waals surface area contributed by atoms with E-state index in [-0.39, 0.29) is 16.7 Å². The zero-order chi connectivity index (χ0) is 13.8. The third-order valence-electron chi connectivity index (χ3n) is 2.42. The Morgan fingerprint density at radius 1 is 1.44 bits per heavy atom. The maximum absolute atomic E-state index is 13.3. The van der Waals surface area contributed by atoms with Crippen LogP contribution in [0.1, 0.15) is 26.3 Å². The molecule has 18 heavy (non-hydrogen) atoms. The van der Waals surface area contributed by atoms with Crippen LogP contribution in [0.15, 0.2) is 18.2 Å². The Bertz CT molecular complexity index is 393. The number of nitrogens with two attached hydrogens (primary N) is 1. The Morgan fingerprint density at radius 3 is 2.61 bits per heavy atom. The summed E-state index contributed by atoms with van der Waals surface area (Å²) in [6.07, 6.45) is 0.584. The Kier molecular flexibility index (Phi) is 5.53. The van der Waals surface area contributed by atoms with Gasteiger partial charge in [0, 0.05) is 6.04 Å². The van der Waals surface area contributed by atoms with E-state index in [0.29, 0.717) is 13.0 Å². The number of hydrazine groups is 1. The highest BCUT2D eigenvalue weighted by atomic mass is 35.5. The zero-order valence-electron chi connectivity index (χ0n) is 11.0. The third-order valence-corrected chi connectivity index (χ3v) is 2.73. The van der Waals surface area contributed by atoms with E-state index in [1.807, 2.05) is 20.8 Å². The Labute approximate surface area is 112 Å². The molecule has 0 radical (unpaired) electrons. The number of rotatable bonds is 5. The smallest absolute Gasteiger partial charge is 0.142 e. The predicted octanol–water partition coefficient (Wildman–Crippen LogP) is 2.67. The zero-order valence-corrected chi connectivity index (χ0v) is 11.7. The van der Waals surface area contributed by atoms with Crippen molar-refractivity contribution >= 4 is 11.6 Å². The Hall–Kier alpha value is -0.680. The molecular formula is C13H20ClFN2O. The van der Waals surface area contributed by atoms with Gasteiger partial charge < -0.3 is 4.74 Å². The van der Waals surface area contributed by atoms with Crippen molar-refractivity contribution in [3.63, 3.8) is 0 Å². The number of ether oxygens (including phenoxy) is 1. The summed E-state index contributed by atoms with van der Waals surface area (Å²) >= 11 is 5.63. The second-order valence-corrected chi connectivity index (χ2v) is 5.65. The fourth-order valence-electron chi connectivity index (χ4n) is 1.47. The fourth-order valence-corrected chi connectivity index (χ4v) is 1.59. The van der Waals surface area contributed by atoms with Crippen molar-refractivity contribution in [3.8, 4) is 0 Å². The summed E-state index contributed by atoms with van der Waals surface area (Å²) in [6, 6.07) is 4.69. The Balaban J connectivity index is 2.59. The minimum Gasteiger partial charge on any atom is -0.374 e. The molecule has 1 aromatic carbocycles. The first-order valence-electron chi connectivity index (χ1n) is 5.86. The van der Waals surface area contributed by atoms with Gasteiger partial charge in [0.15, 0.2) is 0 Å². The van der Waals surface area contributed by atoms with Gasteiger partial charge in [-0.2, -0.15) is 0 Å². The van der Waals surface area contributed by atoms with E-state index >= 15 is 0 Å². The second-order valence-electron chi connectivity index (χ2n) is 5.24. The van der Waals surface area contributed by atoms with Crippen molar-refractivity contribution in [2.45, 2.75) is 38.8 Å². The van der Waals surface area contributed by atoms with Crippen LogP contribution in [0.5, 0.6) is 0 Å². The number of benzene rings is 1. The van der Waals surface area contributed by atoms with Crippen molar-refractivity contribution in [2.24, 2.45) is 5.84 Å². The third kappa shape index (κ3) is 5.31. The van der Waals surface area contributed by atoms with Crippen LogP contribution in [-0.2, 0) is 11.2 Å². The highest BCUT2D eigenvalue weighted by Crippen LogP contribution is 2.17. The van der Waals surface area contributed by atoms with Gasteiger partial charge in [-0.15, -0.1) is 0 Å². The van der Waals surface area contributed by atoms with Crippen molar-refractivity contribution in [3.05, 3.63) is 34.6 Å². The van der Waals surface area contributed by atoms with E-state index in [2.05, 4.69) is 5.43 Å². The largest absolute Gasteiger partial charge is 0.374 e. The van der Waals surface area contributed by atoms with Gasteiger partial charge in [0.05, 0.1) is 17.2 Å². The molecule has 0 fully saturated rings. The molecular weight excluding hydrogens is 255 g/mol. The molecule has 0 aliphatic carbocycles. The maximum Gasteiger partial charge on any atom is 0.142 e. The lowest BCUT2D eigenvalue weighted by Gasteiger charge is -2.24. The van der Waals surface area contributed by atoms with E-state index in [9.17, 15) is 4.39 Å². The second kappa shape index (κ2) is 6.48. The lowest BCUT2D eigenvalue weighted by molar-refractivity contribution is -0.0143. The van der Waals surface area contributed by atoms with Crippen LogP contribution in [0.25, 0.3) is 0 Å². The summed E-state index contributed by atoms with van der Waals surface area (Å²) in [5, 5.41) is 0.127. The van der Waals surface area contributed by atoms with Gasteiger partial charge >= 0.3 is 0 Å². The van der Waals surface area contributed by atoms with Crippen molar-refractivity contribution in [2.75, 3.05) is 6.61 Å². The van der Waals surface area contributed by atoms with Gasteiger partial charge in [0.25, 0.3) is 0 Å². The summed E-state index contributed by atoms with van der Waals surface area (Å²) in [6.45, 7) is 6.39. The standard InChI is InChI=1S/C13H20ClFN2O/c1-13(2,3)18-8-10(17-16)6-9-4-5-11(14)12(15)7-9/h4-5,7,10,17H,6,8,16H2,1-3H3. The molecule has 1 aromatic rings. The maximum atomic E-state index is 13.3. The molecule has 102 valence electrons. The number of nitrogens with one attached hydrogen (secondary N) is 1. The van der Waals surface area contributed by atoms with E-state index in [1.54, 1.807) is 12.1 Å². The molecule has 0 aliphatic rings. The van der Waals surface area contributed by atoms with Gasteiger partial charge in [-0.1, -0.05) is 17.7 Å². The molecule has 0 saturated carbocycles. The molecule has 3 N–H and O–H groups in total. The molecule has 1 unspecified atom stereocenters. The molecule has 0 aliphatic heterocycles. The van der Waals surface area contributed by atoms with Gasteiger partial charge in [0.2, 0.25) is 0 Å². The fraction of sp³-hybridized carbons (Fsp3) is 0.538. The van der Waals surface area contributed by atoms with Gasteiger partial charge in [-0.25, -0.2) is 4.39 Å². The topological polar surface area (TPSA) is 47.3 Å². The first kappa shape index (κ1) is 15.4. The number of hydrogen-bond donors (Lipinski definition) is 2. The lowest BCUT2D eigenvalue weighted by Crippen LogP contribution is -2.42. The van der Waals surface area contributed by atoms with Crippen LogP contribution in [0.3, 0.4) is 0 Å². The molecule has 5 heteroatoms. The van der Waals surface area contributed by atoms with E-state index in [4.69, 9.17) is 22.2 Å². The highest BCUT2D eigenvalue weighted by Gasteiger charge is 2.15. The molecule has 0 saturated heterocycles. The molecule has 0 aromatic heterocycles. The van der Waals surface area contributed by atoms with Gasteiger partial charge in [-0.05, 0) is 44.9 Å². The molecule has 1 rings (SSSR count). The quantitative estimate of drug-likeness (QED) is 0.641. The normalized spacial score (nSPS) is 13.7. The monoisotopic (exact) mass is 274 g/mol. The lowest BCUT2D eigenvalue weighted by atomic mass is 10.1. The minimum absolute atomic E-state index is 0.0650. The average Bonchev–Trinajstić information content (AvgIpc) is 2.28. The molecule has 3 nitrogen and oxygen atoms in total. The van der Waals surface area contributed by atoms with Crippen LogP contribution in [0.4, 0.5) is 4.39 Å². The summed E-state index contributed by atoms with van der Waals surface area (Å²) in [4.78, 5) is 0. The van der Waals surface area contributed by atoms with Crippen LogP contribution in [0.2, 0.25) is 5.02 Å². The molecule has 0 spiro atoms. The first-order chi connectivity index (χ1) is 8.31.